The molecule has 17 heavy (non-hydrogen) atoms. The van der Waals surface area contributed by atoms with Gasteiger partial charge in [0, 0.05) is 5.69 Å². The van der Waals surface area contributed by atoms with E-state index in [0.29, 0.717) is 0 Å². The second kappa shape index (κ2) is 4.41. The molecule has 1 unspecified atom stereocenters. The summed E-state index contributed by atoms with van der Waals surface area (Å²) >= 11 is 0. The molecular weight excluding hydrogens is 216 g/mol. The summed E-state index contributed by atoms with van der Waals surface area (Å²) in [5.74, 6) is -0.993. The van der Waals surface area contributed by atoms with Gasteiger partial charge in [-0.05, 0) is 25.5 Å². The largest absolute Gasteiger partial charge is 0.476 e. The second-order valence-electron chi connectivity index (χ2n) is 4.01. The Morgan fingerprint density at radius 3 is 2.53 bits per heavy atom. The van der Waals surface area contributed by atoms with E-state index in [1.54, 1.807) is 10.7 Å². The highest BCUT2D eigenvalue weighted by atomic mass is 16.4. The van der Waals surface area contributed by atoms with Gasteiger partial charge in [-0.15, -0.1) is 0 Å². The summed E-state index contributed by atoms with van der Waals surface area (Å²) in [6, 6.07) is 11.5. The maximum absolute atomic E-state index is 10.8. The molecular formula is C13H14N2O2. The normalized spacial score (nSPS) is 12.4. The first-order valence-electron chi connectivity index (χ1n) is 5.44. The lowest BCUT2D eigenvalue weighted by molar-refractivity contribution is 0.0689. The van der Waals surface area contributed by atoms with Crippen LogP contribution in [0.4, 0.5) is 0 Å². The molecule has 0 saturated heterocycles. The van der Waals surface area contributed by atoms with Gasteiger partial charge in [-0.25, -0.2) is 4.79 Å². The van der Waals surface area contributed by atoms with Crippen molar-refractivity contribution >= 4 is 5.97 Å². The minimum atomic E-state index is -0.993. The molecule has 2 aromatic rings. The summed E-state index contributed by atoms with van der Waals surface area (Å²) in [6.07, 6.45) is 0. The molecule has 88 valence electrons. The van der Waals surface area contributed by atoms with Gasteiger partial charge in [-0.3, -0.25) is 4.68 Å². The number of aromatic nitrogens is 2. The van der Waals surface area contributed by atoms with Crippen LogP contribution in [-0.4, -0.2) is 20.9 Å². The summed E-state index contributed by atoms with van der Waals surface area (Å²) in [5, 5.41) is 13.0. The van der Waals surface area contributed by atoms with Gasteiger partial charge in [0.25, 0.3) is 0 Å². The summed E-state index contributed by atoms with van der Waals surface area (Å²) in [5.41, 5.74) is 2.04. The molecule has 2 rings (SSSR count). The Hall–Kier alpha value is -2.10. The Balaban J connectivity index is 2.37. The molecule has 0 amide bonds. The van der Waals surface area contributed by atoms with E-state index in [9.17, 15) is 4.79 Å². The number of benzene rings is 1. The van der Waals surface area contributed by atoms with Crippen molar-refractivity contribution < 1.29 is 9.90 Å². The number of carbonyl (C=O) groups is 1. The molecule has 0 saturated carbocycles. The van der Waals surface area contributed by atoms with Gasteiger partial charge < -0.3 is 5.11 Å². The molecule has 0 aliphatic rings. The van der Waals surface area contributed by atoms with Crippen LogP contribution in [0.1, 0.15) is 34.7 Å². The van der Waals surface area contributed by atoms with E-state index >= 15 is 0 Å². The third kappa shape index (κ3) is 2.20. The Kier molecular flexibility index (Phi) is 2.95. The highest BCUT2D eigenvalue weighted by molar-refractivity contribution is 5.85. The fourth-order valence-corrected chi connectivity index (χ4v) is 1.86. The molecule has 1 atom stereocenters. The topological polar surface area (TPSA) is 55.1 Å². The molecule has 1 aromatic carbocycles. The highest BCUT2D eigenvalue weighted by Crippen LogP contribution is 2.19. The van der Waals surface area contributed by atoms with Gasteiger partial charge in [-0.1, -0.05) is 30.3 Å². The van der Waals surface area contributed by atoms with E-state index in [1.807, 2.05) is 44.2 Å². The first-order valence-corrected chi connectivity index (χ1v) is 5.44. The van der Waals surface area contributed by atoms with Crippen molar-refractivity contribution in [3.05, 3.63) is 53.3 Å². The first-order chi connectivity index (χ1) is 8.09. The van der Waals surface area contributed by atoms with Crippen molar-refractivity contribution in [3.63, 3.8) is 0 Å². The van der Waals surface area contributed by atoms with Crippen LogP contribution in [0.3, 0.4) is 0 Å². The third-order valence-electron chi connectivity index (χ3n) is 2.79. The number of carboxylic acids is 1. The number of nitrogens with zero attached hydrogens (tertiary/aromatic N) is 2. The van der Waals surface area contributed by atoms with Crippen molar-refractivity contribution in [3.8, 4) is 0 Å². The lowest BCUT2D eigenvalue weighted by Crippen LogP contribution is -2.11. The summed E-state index contributed by atoms with van der Waals surface area (Å²) in [7, 11) is 0. The van der Waals surface area contributed by atoms with Crippen molar-refractivity contribution in [2.75, 3.05) is 0 Å². The summed E-state index contributed by atoms with van der Waals surface area (Å²) in [4.78, 5) is 10.8. The van der Waals surface area contributed by atoms with E-state index in [2.05, 4.69) is 5.10 Å². The Bertz CT molecular complexity index is 532. The number of carboxylic acid groups (broad SMARTS) is 1. The minimum Gasteiger partial charge on any atom is -0.476 e. The van der Waals surface area contributed by atoms with Crippen LogP contribution >= 0.6 is 0 Å². The Labute approximate surface area is 99.5 Å². The fourth-order valence-electron chi connectivity index (χ4n) is 1.86. The maximum Gasteiger partial charge on any atom is 0.356 e. The molecule has 1 heterocycles. The van der Waals surface area contributed by atoms with E-state index in [4.69, 9.17) is 5.11 Å². The second-order valence-corrected chi connectivity index (χ2v) is 4.01. The van der Waals surface area contributed by atoms with Gasteiger partial charge in [0.05, 0.1) is 6.04 Å². The number of aryl methyl sites for hydroxylation is 1. The third-order valence-corrected chi connectivity index (χ3v) is 2.79. The molecule has 1 aromatic heterocycles. The van der Waals surface area contributed by atoms with E-state index in [1.165, 1.54) is 0 Å². The van der Waals surface area contributed by atoms with Crippen LogP contribution in [0.2, 0.25) is 0 Å². The molecule has 0 fully saturated rings. The predicted octanol–water partition coefficient (Wildman–Crippen LogP) is 2.50. The number of hydrogen-bond acceptors (Lipinski definition) is 2. The highest BCUT2D eigenvalue weighted by Gasteiger charge is 2.15. The number of hydrogen-bond donors (Lipinski definition) is 1. The average Bonchev–Trinajstić information content (AvgIpc) is 2.72. The lowest BCUT2D eigenvalue weighted by atomic mass is 10.1. The predicted molar refractivity (Wildman–Crippen MR) is 64.2 cm³/mol. The summed E-state index contributed by atoms with van der Waals surface area (Å²) < 4.78 is 1.73. The molecule has 0 aliphatic carbocycles. The fraction of sp³-hybridized carbons (Fsp3) is 0.231. The Morgan fingerprint density at radius 1 is 1.35 bits per heavy atom. The zero-order valence-corrected chi connectivity index (χ0v) is 9.79. The van der Waals surface area contributed by atoms with Gasteiger partial charge in [-0.2, -0.15) is 5.10 Å². The van der Waals surface area contributed by atoms with Crippen molar-refractivity contribution in [2.45, 2.75) is 19.9 Å². The smallest absolute Gasteiger partial charge is 0.356 e. The zero-order valence-electron chi connectivity index (χ0n) is 9.79. The standard InChI is InChI=1S/C13H14N2O2/c1-9-8-12(13(16)17)14-15(9)10(2)11-6-4-3-5-7-11/h3-8,10H,1-2H3,(H,16,17). The van der Waals surface area contributed by atoms with Crippen LogP contribution in [0.5, 0.6) is 0 Å². The molecule has 0 radical (unpaired) electrons. The zero-order chi connectivity index (χ0) is 12.4. The molecule has 4 nitrogen and oxygen atoms in total. The molecule has 0 bridgehead atoms. The molecule has 0 aliphatic heterocycles. The quantitative estimate of drug-likeness (QED) is 0.881. The van der Waals surface area contributed by atoms with E-state index in [0.717, 1.165) is 11.3 Å². The average molecular weight is 230 g/mol. The molecule has 0 spiro atoms. The first kappa shape index (κ1) is 11.4. The molecule has 1 N–H and O–H groups in total. The maximum atomic E-state index is 10.8. The number of aromatic carboxylic acids is 1. The van der Waals surface area contributed by atoms with Gasteiger partial charge in [0.15, 0.2) is 5.69 Å². The van der Waals surface area contributed by atoms with Gasteiger partial charge in [0.2, 0.25) is 0 Å². The van der Waals surface area contributed by atoms with Crippen LogP contribution < -0.4 is 0 Å². The van der Waals surface area contributed by atoms with Crippen molar-refractivity contribution in [1.29, 1.82) is 0 Å². The SMILES string of the molecule is Cc1cc(C(=O)O)nn1C(C)c1ccccc1. The van der Waals surface area contributed by atoms with Gasteiger partial charge >= 0.3 is 5.97 Å². The van der Waals surface area contributed by atoms with Crippen LogP contribution in [0.25, 0.3) is 0 Å². The van der Waals surface area contributed by atoms with Crippen LogP contribution in [-0.2, 0) is 0 Å². The van der Waals surface area contributed by atoms with Crippen LogP contribution in [0, 0.1) is 6.92 Å². The van der Waals surface area contributed by atoms with E-state index in [-0.39, 0.29) is 11.7 Å². The van der Waals surface area contributed by atoms with Gasteiger partial charge in [0.1, 0.15) is 0 Å². The summed E-state index contributed by atoms with van der Waals surface area (Å²) in [6.45, 7) is 3.86. The minimum absolute atomic E-state index is 0.0318. The Morgan fingerprint density at radius 2 is 2.00 bits per heavy atom. The number of rotatable bonds is 3. The van der Waals surface area contributed by atoms with Crippen molar-refractivity contribution in [2.24, 2.45) is 0 Å². The van der Waals surface area contributed by atoms with Crippen LogP contribution in [0.15, 0.2) is 36.4 Å². The van der Waals surface area contributed by atoms with Crippen molar-refractivity contribution in [1.82, 2.24) is 9.78 Å². The molecule has 4 heteroatoms. The monoisotopic (exact) mass is 230 g/mol. The lowest BCUT2D eigenvalue weighted by Gasteiger charge is -2.14. The van der Waals surface area contributed by atoms with E-state index < -0.39 is 5.97 Å².